The number of aliphatic hydroxyl groups excluding tert-OH is 1. The Bertz CT molecular complexity index is 720. The third kappa shape index (κ3) is 1.91. The van der Waals surface area contributed by atoms with Crippen molar-refractivity contribution in [3.8, 4) is 6.07 Å². The molecule has 4 rings (SSSR count). The Kier molecular flexibility index (Phi) is 2.87. The molecular formula is C18H18N2O. The first-order chi connectivity index (χ1) is 10.3. The van der Waals surface area contributed by atoms with Gasteiger partial charge in [-0.1, -0.05) is 24.3 Å². The number of nitrogens with zero attached hydrogens (tertiary/aromatic N) is 2. The van der Waals surface area contributed by atoms with Crippen molar-refractivity contribution in [2.75, 3.05) is 4.90 Å². The van der Waals surface area contributed by atoms with Gasteiger partial charge in [0.2, 0.25) is 0 Å². The van der Waals surface area contributed by atoms with Crippen LogP contribution in [-0.2, 0) is 0 Å². The van der Waals surface area contributed by atoms with Crippen LogP contribution in [0.2, 0.25) is 0 Å². The van der Waals surface area contributed by atoms with E-state index >= 15 is 0 Å². The molecule has 21 heavy (non-hydrogen) atoms. The zero-order valence-corrected chi connectivity index (χ0v) is 11.9. The Morgan fingerprint density at radius 2 is 1.67 bits per heavy atom. The fourth-order valence-corrected chi connectivity index (χ4v) is 4.15. The highest BCUT2D eigenvalue weighted by Crippen LogP contribution is 2.42. The summed E-state index contributed by atoms with van der Waals surface area (Å²) in [6.07, 6.45) is 3.91. The predicted molar refractivity (Wildman–Crippen MR) is 83.2 cm³/mol. The molecule has 2 aliphatic heterocycles. The van der Waals surface area contributed by atoms with E-state index < -0.39 is 0 Å². The maximum atomic E-state index is 9.98. The van der Waals surface area contributed by atoms with Crippen molar-refractivity contribution in [1.82, 2.24) is 0 Å². The van der Waals surface area contributed by atoms with E-state index in [-0.39, 0.29) is 6.10 Å². The first-order valence-corrected chi connectivity index (χ1v) is 7.66. The van der Waals surface area contributed by atoms with Gasteiger partial charge in [-0.3, -0.25) is 0 Å². The Morgan fingerprint density at radius 1 is 1.00 bits per heavy atom. The van der Waals surface area contributed by atoms with Gasteiger partial charge >= 0.3 is 0 Å². The largest absolute Gasteiger partial charge is 0.393 e. The van der Waals surface area contributed by atoms with Gasteiger partial charge in [-0.25, -0.2) is 0 Å². The molecule has 3 atom stereocenters. The molecule has 3 heteroatoms. The Hall–Kier alpha value is -2.05. The first kappa shape index (κ1) is 12.7. The quantitative estimate of drug-likeness (QED) is 0.871. The van der Waals surface area contributed by atoms with Crippen molar-refractivity contribution in [3.63, 3.8) is 0 Å². The minimum atomic E-state index is -0.150. The molecule has 0 aromatic heterocycles. The van der Waals surface area contributed by atoms with Crippen LogP contribution in [0.3, 0.4) is 0 Å². The molecule has 106 valence electrons. The maximum absolute atomic E-state index is 9.98. The molecule has 0 spiro atoms. The number of aliphatic hydroxyl groups is 1. The molecule has 2 aliphatic rings. The normalized spacial score (nSPS) is 27.8. The number of nitriles is 1. The molecule has 2 bridgehead atoms. The monoisotopic (exact) mass is 278 g/mol. The summed E-state index contributed by atoms with van der Waals surface area (Å²) in [5.41, 5.74) is 1.96. The summed E-state index contributed by atoms with van der Waals surface area (Å²) in [4.78, 5) is 2.50. The minimum Gasteiger partial charge on any atom is -0.393 e. The van der Waals surface area contributed by atoms with E-state index in [2.05, 4.69) is 23.1 Å². The molecule has 2 aromatic carbocycles. The molecule has 0 aliphatic carbocycles. The summed E-state index contributed by atoms with van der Waals surface area (Å²) in [6.45, 7) is 0. The molecule has 0 radical (unpaired) electrons. The van der Waals surface area contributed by atoms with E-state index in [0.717, 1.165) is 42.0 Å². The van der Waals surface area contributed by atoms with Crippen LogP contribution in [0.5, 0.6) is 0 Å². The van der Waals surface area contributed by atoms with E-state index in [0.29, 0.717) is 12.1 Å². The third-order valence-electron chi connectivity index (χ3n) is 5.01. The maximum Gasteiger partial charge on any atom is 0.0998 e. The van der Waals surface area contributed by atoms with Crippen LogP contribution in [-0.4, -0.2) is 23.3 Å². The second-order valence-electron chi connectivity index (χ2n) is 6.21. The topological polar surface area (TPSA) is 47.3 Å². The van der Waals surface area contributed by atoms with Crippen LogP contribution >= 0.6 is 0 Å². The third-order valence-corrected chi connectivity index (χ3v) is 5.01. The summed E-state index contributed by atoms with van der Waals surface area (Å²) < 4.78 is 0. The lowest BCUT2D eigenvalue weighted by atomic mass is 9.96. The van der Waals surface area contributed by atoms with E-state index in [1.54, 1.807) is 0 Å². The van der Waals surface area contributed by atoms with E-state index in [9.17, 15) is 10.4 Å². The van der Waals surface area contributed by atoms with Gasteiger partial charge < -0.3 is 10.0 Å². The van der Waals surface area contributed by atoms with Gasteiger partial charge in [-0.15, -0.1) is 0 Å². The van der Waals surface area contributed by atoms with Gasteiger partial charge in [0.05, 0.1) is 17.7 Å². The highest BCUT2D eigenvalue weighted by Gasteiger charge is 2.40. The van der Waals surface area contributed by atoms with Gasteiger partial charge in [0.25, 0.3) is 0 Å². The molecule has 0 amide bonds. The van der Waals surface area contributed by atoms with Gasteiger partial charge in [0.15, 0.2) is 0 Å². The summed E-state index contributed by atoms with van der Waals surface area (Å²) in [5, 5.41) is 21.5. The molecule has 0 unspecified atom stereocenters. The van der Waals surface area contributed by atoms with Gasteiger partial charge in [0.1, 0.15) is 0 Å². The number of benzene rings is 2. The van der Waals surface area contributed by atoms with Crippen molar-refractivity contribution in [1.29, 1.82) is 5.26 Å². The van der Waals surface area contributed by atoms with Crippen LogP contribution in [0.15, 0.2) is 36.4 Å². The Labute approximate surface area is 124 Å². The van der Waals surface area contributed by atoms with Crippen molar-refractivity contribution < 1.29 is 5.11 Å². The highest BCUT2D eigenvalue weighted by molar-refractivity contribution is 5.98. The van der Waals surface area contributed by atoms with Crippen LogP contribution in [0.4, 0.5) is 5.69 Å². The lowest BCUT2D eigenvalue weighted by Gasteiger charge is -2.39. The lowest BCUT2D eigenvalue weighted by Crippen LogP contribution is -2.44. The first-order valence-electron chi connectivity index (χ1n) is 7.66. The van der Waals surface area contributed by atoms with Crippen molar-refractivity contribution in [3.05, 3.63) is 42.0 Å². The number of anilines is 1. The standard InChI is InChI=1S/C18H18N2O/c19-11-12-5-8-18(17-4-2-1-3-16(12)17)20-13-6-7-14(20)10-15(21)9-13/h1-5,8,13-15,21H,6-7,9-10H2/t13-,14+,15-. The lowest BCUT2D eigenvalue weighted by molar-refractivity contribution is 0.126. The molecular weight excluding hydrogens is 260 g/mol. The summed E-state index contributed by atoms with van der Waals surface area (Å²) in [6, 6.07) is 15.3. The van der Waals surface area contributed by atoms with Gasteiger partial charge in [-0.2, -0.15) is 5.26 Å². The fourth-order valence-electron chi connectivity index (χ4n) is 4.15. The van der Waals surface area contributed by atoms with Crippen LogP contribution in [0.25, 0.3) is 10.8 Å². The molecule has 1 N–H and O–H groups in total. The average Bonchev–Trinajstić information content (AvgIpc) is 2.77. The van der Waals surface area contributed by atoms with Crippen molar-refractivity contribution >= 4 is 16.5 Å². The molecule has 2 heterocycles. The van der Waals surface area contributed by atoms with Crippen LogP contribution in [0, 0.1) is 11.3 Å². The Morgan fingerprint density at radius 3 is 2.33 bits per heavy atom. The summed E-state index contributed by atoms with van der Waals surface area (Å²) >= 11 is 0. The van der Waals surface area contributed by atoms with Crippen molar-refractivity contribution in [2.24, 2.45) is 0 Å². The highest BCUT2D eigenvalue weighted by atomic mass is 16.3. The summed E-state index contributed by atoms with van der Waals surface area (Å²) in [5.74, 6) is 0. The van der Waals surface area contributed by atoms with Gasteiger partial charge in [0, 0.05) is 28.5 Å². The summed E-state index contributed by atoms with van der Waals surface area (Å²) in [7, 11) is 0. The molecule has 2 aromatic rings. The van der Waals surface area contributed by atoms with E-state index in [1.165, 1.54) is 5.69 Å². The zero-order chi connectivity index (χ0) is 14.4. The zero-order valence-electron chi connectivity index (χ0n) is 11.9. The number of fused-ring (bicyclic) bond motifs is 3. The second kappa shape index (κ2) is 4.75. The van der Waals surface area contributed by atoms with Crippen LogP contribution in [0.1, 0.15) is 31.2 Å². The SMILES string of the molecule is N#Cc1ccc(N2[C@@H]3CC[C@H]2C[C@H](O)C3)c2ccccc12. The second-order valence-corrected chi connectivity index (χ2v) is 6.21. The minimum absolute atomic E-state index is 0.150. The molecule has 3 nitrogen and oxygen atoms in total. The van der Waals surface area contributed by atoms with Gasteiger partial charge in [-0.05, 0) is 37.8 Å². The smallest absolute Gasteiger partial charge is 0.0998 e. The van der Waals surface area contributed by atoms with E-state index in [4.69, 9.17) is 0 Å². The predicted octanol–water partition coefficient (Wildman–Crippen LogP) is 3.20. The Balaban J connectivity index is 1.87. The molecule has 2 fully saturated rings. The average molecular weight is 278 g/mol. The molecule has 0 saturated carbocycles. The number of hydrogen-bond acceptors (Lipinski definition) is 3. The van der Waals surface area contributed by atoms with Crippen molar-refractivity contribution in [2.45, 2.75) is 43.9 Å². The van der Waals surface area contributed by atoms with Crippen LogP contribution < -0.4 is 4.90 Å². The number of piperidine rings is 1. The van der Waals surface area contributed by atoms with E-state index in [1.807, 2.05) is 24.3 Å². The fraction of sp³-hybridized carbons (Fsp3) is 0.389. The number of rotatable bonds is 1. The molecule has 2 saturated heterocycles. The number of hydrogen-bond donors (Lipinski definition) is 1.